The van der Waals surface area contributed by atoms with Crippen molar-refractivity contribution >= 4 is 11.6 Å². The molecule has 9 heavy (non-hydrogen) atoms. The molecule has 0 bridgehead atoms. The predicted octanol–water partition coefficient (Wildman–Crippen LogP) is -1.30. The minimum absolute atomic E-state index is 0.0304. The highest BCUT2D eigenvalue weighted by Gasteiger charge is 1.98. The number of carbonyl (C=O) groups is 1. The summed E-state index contributed by atoms with van der Waals surface area (Å²) in [5.74, 6) is 10.0. The molecule has 0 heterocycles. The SMILES string of the molecule is CC(=O)C/C(=N/N)NN. The van der Waals surface area contributed by atoms with E-state index in [2.05, 4.69) is 10.5 Å². The number of ketones is 1. The normalized spacial score (nSPS) is 11.1. The van der Waals surface area contributed by atoms with Crippen molar-refractivity contribution in [3.63, 3.8) is 0 Å². The Hall–Kier alpha value is -1.10. The van der Waals surface area contributed by atoms with Crippen LogP contribution >= 0.6 is 0 Å². The van der Waals surface area contributed by atoms with Crippen LogP contribution in [0.2, 0.25) is 0 Å². The van der Waals surface area contributed by atoms with Crippen LogP contribution in [0.3, 0.4) is 0 Å². The van der Waals surface area contributed by atoms with E-state index in [1.807, 2.05) is 0 Å². The number of nitrogens with two attached hydrogens (primary N) is 2. The number of nitrogens with one attached hydrogen (secondary N) is 1. The number of hydrazone groups is 1. The number of rotatable bonds is 2. The number of amidine groups is 1. The summed E-state index contributed by atoms with van der Waals surface area (Å²) in [6.07, 6.45) is 0.160. The van der Waals surface area contributed by atoms with Crippen LogP contribution in [0.1, 0.15) is 13.3 Å². The summed E-state index contributed by atoms with van der Waals surface area (Å²) in [5, 5.41) is 3.21. The third-order valence-electron chi connectivity index (χ3n) is 0.739. The summed E-state index contributed by atoms with van der Waals surface area (Å²) < 4.78 is 0. The monoisotopic (exact) mass is 130 g/mol. The molecule has 0 rings (SSSR count). The molecule has 0 aliphatic heterocycles. The van der Waals surface area contributed by atoms with E-state index < -0.39 is 0 Å². The summed E-state index contributed by atoms with van der Waals surface area (Å²) >= 11 is 0. The molecular formula is C4H10N4O. The Labute approximate surface area is 53.1 Å². The topological polar surface area (TPSA) is 93.5 Å². The number of carbonyl (C=O) groups excluding carboxylic acids is 1. The van der Waals surface area contributed by atoms with Gasteiger partial charge in [0.25, 0.3) is 0 Å². The molecule has 5 heteroatoms. The van der Waals surface area contributed by atoms with Gasteiger partial charge in [0.2, 0.25) is 0 Å². The van der Waals surface area contributed by atoms with Crippen molar-refractivity contribution in [2.24, 2.45) is 16.8 Å². The summed E-state index contributed by atoms with van der Waals surface area (Å²) in [6.45, 7) is 1.43. The van der Waals surface area contributed by atoms with E-state index in [1.165, 1.54) is 6.92 Å². The lowest BCUT2D eigenvalue weighted by Crippen LogP contribution is -2.32. The Morgan fingerprint density at radius 2 is 2.33 bits per heavy atom. The number of Topliss-reactive ketones (excluding diaryl/α,β-unsaturated/α-hetero) is 1. The Balaban J connectivity index is 3.71. The second-order valence-electron chi connectivity index (χ2n) is 1.60. The molecule has 0 radical (unpaired) electrons. The van der Waals surface area contributed by atoms with Gasteiger partial charge in [-0.2, -0.15) is 5.10 Å². The van der Waals surface area contributed by atoms with E-state index in [0.717, 1.165) is 0 Å². The maximum Gasteiger partial charge on any atom is 0.143 e. The molecular weight excluding hydrogens is 120 g/mol. The second-order valence-corrected chi connectivity index (χ2v) is 1.60. The van der Waals surface area contributed by atoms with Crippen LogP contribution in [0.5, 0.6) is 0 Å². The van der Waals surface area contributed by atoms with Gasteiger partial charge in [0.15, 0.2) is 0 Å². The van der Waals surface area contributed by atoms with Crippen LogP contribution < -0.4 is 17.1 Å². The Morgan fingerprint density at radius 3 is 2.44 bits per heavy atom. The first-order valence-electron chi connectivity index (χ1n) is 2.43. The van der Waals surface area contributed by atoms with Gasteiger partial charge in [-0.05, 0) is 6.92 Å². The average Bonchev–Trinajstić information content (AvgIpc) is 1.82. The van der Waals surface area contributed by atoms with Crippen LogP contribution in [0.4, 0.5) is 0 Å². The lowest BCUT2D eigenvalue weighted by molar-refractivity contribution is -0.115. The lowest BCUT2D eigenvalue weighted by atomic mass is 10.3. The van der Waals surface area contributed by atoms with Crippen LogP contribution in [-0.4, -0.2) is 11.6 Å². The zero-order valence-corrected chi connectivity index (χ0v) is 5.22. The fraction of sp³-hybridized carbons (Fsp3) is 0.500. The standard InChI is InChI=1S/C4H10N4O/c1-3(9)2-4(7-5)8-6/h2,5-6H2,1H3,(H,7,8). The van der Waals surface area contributed by atoms with E-state index >= 15 is 0 Å². The highest BCUT2D eigenvalue weighted by Crippen LogP contribution is 1.80. The molecule has 0 atom stereocenters. The van der Waals surface area contributed by atoms with Crippen molar-refractivity contribution in [2.75, 3.05) is 0 Å². The highest BCUT2D eigenvalue weighted by molar-refractivity contribution is 5.99. The lowest BCUT2D eigenvalue weighted by Gasteiger charge is -1.97. The molecule has 0 saturated carbocycles. The summed E-state index contributed by atoms with van der Waals surface area (Å²) in [7, 11) is 0. The summed E-state index contributed by atoms with van der Waals surface area (Å²) in [4.78, 5) is 10.3. The van der Waals surface area contributed by atoms with Crippen LogP contribution in [0.15, 0.2) is 5.10 Å². The molecule has 0 amide bonds. The van der Waals surface area contributed by atoms with E-state index in [1.54, 1.807) is 0 Å². The molecule has 5 nitrogen and oxygen atoms in total. The fourth-order valence-electron chi connectivity index (χ4n) is 0.370. The number of nitrogens with zero attached hydrogens (tertiary/aromatic N) is 1. The van der Waals surface area contributed by atoms with E-state index in [0.29, 0.717) is 5.84 Å². The van der Waals surface area contributed by atoms with Crippen molar-refractivity contribution in [3.05, 3.63) is 0 Å². The fourth-order valence-corrected chi connectivity index (χ4v) is 0.370. The maximum absolute atomic E-state index is 10.3. The molecule has 0 aliphatic carbocycles. The van der Waals surface area contributed by atoms with Crippen LogP contribution in [0, 0.1) is 0 Å². The first-order valence-corrected chi connectivity index (χ1v) is 2.43. The minimum Gasteiger partial charge on any atom is -0.322 e. The first kappa shape index (κ1) is 7.90. The number of hydrogen-bond donors (Lipinski definition) is 3. The van der Waals surface area contributed by atoms with Crippen molar-refractivity contribution < 1.29 is 4.79 Å². The number of hydrogen-bond acceptors (Lipinski definition) is 4. The molecule has 0 aromatic carbocycles. The molecule has 0 aromatic rings. The quantitative estimate of drug-likeness (QED) is 0.187. The van der Waals surface area contributed by atoms with Crippen molar-refractivity contribution in [1.29, 1.82) is 0 Å². The molecule has 0 saturated heterocycles. The van der Waals surface area contributed by atoms with Gasteiger partial charge in [-0.3, -0.25) is 4.79 Å². The van der Waals surface area contributed by atoms with Gasteiger partial charge in [-0.1, -0.05) is 0 Å². The van der Waals surface area contributed by atoms with E-state index in [-0.39, 0.29) is 12.2 Å². The predicted molar refractivity (Wildman–Crippen MR) is 34.2 cm³/mol. The molecule has 0 aromatic heterocycles. The smallest absolute Gasteiger partial charge is 0.143 e. The minimum atomic E-state index is -0.0304. The van der Waals surface area contributed by atoms with Crippen molar-refractivity contribution in [3.8, 4) is 0 Å². The van der Waals surface area contributed by atoms with Crippen LogP contribution in [-0.2, 0) is 4.79 Å². The third-order valence-corrected chi connectivity index (χ3v) is 0.739. The third kappa shape index (κ3) is 3.48. The second kappa shape index (κ2) is 3.85. The Kier molecular flexibility index (Phi) is 3.38. The molecule has 0 fully saturated rings. The van der Waals surface area contributed by atoms with Gasteiger partial charge < -0.3 is 11.3 Å². The Morgan fingerprint density at radius 1 is 1.78 bits per heavy atom. The van der Waals surface area contributed by atoms with Gasteiger partial charge in [0.05, 0.1) is 6.42 Å². The zero-order chi connectivity index (χ0) is 7.28. The molecule has 5 N–H and O–H groups in total. The largest absolute Gasteiger partial charge is 0.322 e. The molecule has 0 aliphatic rings. The number of hydrazine groups is 1. The molecule has 0 spiro atoms. The molecule has 0 unspecified atom stereocenters. The van der Waals surface area contributed by atoms with Gasteiger partial charge >= 0.3 is 0 Å². The first-order chi connectivity index (χ1) is 4.20. The van der Waals surface area contributed by atoms with Gasteiger partial charge in [-0.15, -0.1) is 0 Å². The van der Waals surface area contributed by atoms with E-state index in [4.69, 9.17) is 11.7 Å². The summed E-state index contributed by atoms with van der Waals surface area (Å²) in [5.41, 5.74) is 2.19. The maximum atomic E-state index is 10.3. The summed E-state index contributed by atoms with van der Waals surface area (Å²) in [6, 6.07) is 0. The highest BCUT2D eigenvalue weighted by atomic mass is 16.1. The molecule has 52 valence electrons. The Bertz CT molecular complexity index is 131. The van der Waals surface area contributed by atoms with Crippen molar-refractivity contribution in [1.82, 2.24) is 5.43 Å². The van der Waals surface area contributed by atoms with Gasteiger partial charge in [0, 0.05) is 0 Å². The van der Waals surface area contributed by atoms with Gasteiger partial charge in [-0.25, -0.2) is 5.84 Å². The van der Waals surface area contributed by atoms with E-state index in [9.17, 15) is 4.79 Å². The van der Waals surface area contributed by atoms with Crippen molar-refractivity contribution in [2.45, 2.75) is 13.3 Å². The average molecular weight is 130 g/mol. The van der Waals surface area contributed by atoms with Crippen LogP contribution in [0.25, 0.3) is 0 Å². The van der Waals surface area contributed by atoms with Gasteiger partial charge in [0.1, 0.15) is 11.6 Å². The zero-order valence-electron chi connectivity index (χ0n) is 5.22.